The summed E-state index contributed by atoms with van der Waals surface area (Å²) in [5.41, 5.74) is 12.0. The summed E-state index contributed by atoms with van der Waals surface area (Å²) in [4.78, 5) is 0. The second kappa shape index (κ2) is 18.5. The molecule has 0 atom stereocenters. The predicted octanol–water partition coefficient (Wildman–Crippen LogP) is 6.79. The van der Waals surface area contributed by atoms with Crippen LogP contribution >= 0.6 is 0 Å². The maximum atomic E-state index is 6.02. The van der Waals surface area contributed by atoms with Crippen LogP contribution in [0.5, 0.6) is 0 Å². The van der Waals surface area contributed by atoms with Crippen LogP contribution in [0.15, 0.2) is 35.3 Å². The SMILES string of the molecule is CCCCC=C(C)NO[Si](CC)(ONC(C)=CCCCC)ONC(C)=CCCCC. The van der Waals surface area contributed by atoms with Crippen molar-refractivity contribution in [1.82, 2.24) is 16.4 Å². The molecule has 0 aliphatic carbocycles. The van der Waals surface area contributed by atoms with Gasteiger partial charge in [-0.25, -0.2) is 0 Å². The van der Waals surface area contributed by atoms with Crippen molar-refractivity contribution >= 4 is 8.80 Å². The van der Waals surface area contributed by atoms with Crippen LogP contribution in [0.3, 0.4) is 0 Å². The van der Waals surface area contributed by atoms with E-state index in [4.69, 9.17) is 13.6 Å². The van der Waals surface area contributed by atoms with Gasteiger partial charge in [-0.05, 0) is 40.0 Å². The molecule has 0 aliphatic heterocycles. The molecule has 0 rings (SSSR count). The lowest BCUT2D eigenvalue weighted by atomic mass is 10.2. The molecular formula is C23H47N3O3Si. The van der Waals surface area contributed by atoms with Crippen molar-refractivity contribution in [3.05, 3.63) is 35.3 Å². The number of hydrogen-bond donors (Lipinski definition) is 3. The van der Waals surface area contributed by atoms with E-state index in [0.717, 1.165) is 55.6 Å². The fourth-order valence-electron chi connectivity index (χ4n) is 2.45. The molecule has 0 fully saturated rings. The van der Waals surface area contributed by atoms with Gasteiger partial charge < -0.3 is 0 Å². The third-order valence-corrected chi connectivity index (χ3v) is 6.67. The minimum atomic E-state index is -3.06. The molecule has 0 bridgehead atoms. The summed E-state index contributed by atoms with van der Waals surface area (Å²) in [6, 6.07) is 0.604. The van der Waals surface area contributed by atoms with Crippen molar-refractivity contribution in [2.24, 2.45) is 0 Å². The first-order valence-electron chi connectivity index (χ1n) is 11.7. The molecule has 6 nitrogen and oxygen atoms in total. The van der Waals surface area contributed by atoms with Gasteiger partial charge in [-0.1, -0.05) is 84.4 Å². The average molecular weight is 442 g/mol. The number of unbranched alkanes of at least 4 members (excludes halogenated alkanes) is 6. The highest BCUT2D eigenvalue weighted by molar-refractivity contribution is 6.60. The summed E-state index contributed by atoms with van der Waals surface area (Å²) in [7, 11) is -3.06. The topological polar surface area (TPSA) is 63.8 Å². The summed E-state index contributed by atoms with van der Waals surface area (Å²) >= 11 is 0. The van der Waals surface area contributed by atoms with Crippen molar-refractivity contribution in [3.63, 3.8) is 0 Å². The summed E-state index contributed by atoms with van der Waals surface area (Å²) in [6.07, 6.45) is 16.5. The van der Waals surface area contributed by atoms with E-state index in [0.29, 0.717) is 6.04 Å². The van der Waals surface area contributed by atoms with Crippen molar-refractivity contribution in [2.45, 2.75) is 112 Å². The van der Waals surface area contributed by atoms with Gasteiger partial charge in [-0.3, -0.25) is 30.0 Å². The van der Waals surface area contributed by atoms with Crippen LogP contribution in [-0.4, -0.2) is 8.80 Å². The molecule has 30 heavy (non-hydrogen) atoms. The van der Waals surface area contributed by atoms with Crippen molar-refractivity contribution < 1.29 is 13.6 Å². The zero-order valence-corrected chi connectivity index (χ0v) is 21.5. The summed E-state index contributed by atoms with van der Waals surface area (Å²) in [5.74, 6) is 0. The molecular weight excluding hydrogens is 394 g/mol. The minimum absolute atomic E-state index is 0.604. The van der Waals surface area contributed by atoms with Crippen LogP contribution in [0.25, 0.3) is 0 Å². The number of rotatable bonds is 19. The van der Waals surface area contributed by atoms with Gasteiger partial charge in [0.25, 0.3) is 0 Å². The molecule has 0 radical (unpaired) electrons. The third kappa shape index (κ3) is 14.7. The van der Waals surface area contributed by atoms with Crippen LogP contribution in [0.2, 0.25) is 6.04 Å². The highest BCUT2D eigenvalue weighted by atomic mass is 28.4. The lowest BCUT2D eigenvalue weighted by Crippen LogP contribution is -2.54. The Kier molecular flexibility index (Phi) is 17.7. The van der Waals surface area contributed by atoms with Gasteiger partial charge in [0, 0.05) is 23.1 Å². The molecule has 0 aromatic carbocycles. The normalized spacial score (nSPS) is 15.1. The van der Waals surface area contributed by atoms with Crippen LogP contribution in [0.1, 0.15) is 106 Å². The lowest BCUT2D eigenvalue weighted by Gasteiger charge is -2.28. The van der Waals surface area contributed by atoms with E-state index in [1.807, 2.05) is 27.7 Å². The molecule has 0 saturated carbocycles. The zero-order chi connectivity index (χ0) is 22.7. The molecule has 3 N–H and O–H groups in total. The fraction of sp³-hybridized carbons (Fsp3) is 0.739. The zero-order valence-electron chi connectivity index (χ0n) is 20.5. The number of hydroxylamine groups is 3. The van der Waals surface area contributed by atoms with Gasteiger partial charge in [0.1, 0.15) is 0 Å². The molecule has 0 aromatic heterocycles. The Bertz CT molecular complexity index is 452. The highest BCUT2D eigenvalue weighted by Crippen LogP contribution is 2.14. The molecule has 0 heterocycles. The smallest absolute Gasteiger partial charge is 0.278 e. The molecule has 0 saturated heterocycles. The first-order valence-corrected chi connectivity index (χ1v) is 13.7. The molecule has 176 valence electrons. The molecule has 0 aliphatic rings. The Morgan fingerprint density at radius 3 is 1.13 bits per heavy atom. The Balaban J connectivity index is 5.06. The number of hydrogen-bond acceptors (Lipinski definition) is 6. The van der Waals surface area contributed by atoms with Gasteiger partial charge in [0.15, 0.2) is 0 Å². The van der Waals surface area contributed by atoms with E-state index in [2.05, 4.69) is 55.4 Å². The molecule has 7 heteroatoms. The monoisotopic (exact) mass is 441 g/mol. The van der Waals surface area contributed by atoms with E-state index in [1.165, 1.54) is 19.3 Å². The van der Waals surface area contributed by atoms with Gasteiger partial charge in [-0.15, -0.1) is 0 Å². The summed E-state index contributed by atoms with van der Waals surface area (Å²) in [5, 5.41) is 0. The van der Waals surface area contributed by atoms with E-state index in [9.17, 15) is 0 Å². The second-order valence-corrected chi connectivity index (χ2v) is 10.4. The Labute approximate surface area is 186 Å². The van der Waals surface area contributed by atoms with Gasteiger partial charge >= 0.3 is 8.80 Å². The number of allylic oxidation sites excluding steroid dienone is 6. The van der Waals surface area contributed by atoms with Crippen molar-refractivity contribution in [1.29, 1.82) is 0 Å². The molecule has 0 amide bonds. The quantitative estimate of drug-likeness (QED) is 0.116. The first-order chi connectivity index (χ1) is 14.4. The number of nitrogens with one attached hydrogen (secondary N) is 3. The van der Waals surface area contributed by atoms with Crippen LogP contribution in [0, 0.1) is 0 Å². The highest BCUT2D eigenvalue weighted by Gasteiger charge is 2.43. The second-order valence-electron chi connectivity index (χ2n) is 7.74. The molecule has 0 spiro atoms. The van der Waals surface area contributed by atoms with Gasteiger partial charge in [0.05, 0.1) is 0 Å². The molecule has 0 aromatic rings. The average Bonchev–Trinajstić information content (AvgIpc) is 2.74. The van der Waals surface area contributed by atoms with Crippen molar-refractivity contribution in [3.8, 4) is 0 Å². The largest absolute Gasteiger partial charge is 0.566 e. The maximum Gasteiger partial charge on any atom is 0.566 e. The summed E-state index contributed by atoms with van der Waals surface area (Å²) < 4.78 is 18.1. The first kappa shape index (κ1) is 28.7. The molecule has 0 unspecified atom stereocenters. The van der Waals surface area contributed by atoms with Crippen molar-refractivity contribution in [2.75, 3.05) is 0 Å². The van der Waals surface area contributed by atoms with Gasteiger partial charge in [0.2, 0.25) is 0 Å². The standard InChI is InChI=1S/C23H47N3O3Si/c1-8-12-15-18-21(5)24-27-30(11-4,28-25-22(6)19-16-13-9-2)29-26-23(7)20-17-14-10-3/h18-20,24-26H,8-17H2,1-7H3. The van der Waals surface area contributed by atoms with E-state index < -0.39 is 8.80 Å². The lowest BCUT2D eigenvalue weighted by molar-refractivity contribution is -0.0156. The predicted molar refractivity (Wildman–Crippen MR) is 129 cm³/mol. The van der Waals surface area contributed by atoms with E-state index >= 15 is 0 Å². The Morgan fingerprint density at radius 1 is 0.600 bits per heavy atom. The fourth-order valence-corrected chi connectivity index (χ4v) is 3.95. The Morgan fingerprint density at radius 2 is 0.900 bits per heavy atom. The third-order valence-electron chi connectivity index (χ3n) is 4.56. The minimum Gasteiger partial charge on any atom is -0.278 e. The van der Waals surface area contributed by atoms with Crippen LogP contribution in [-0.2, 0) is 13.6 Å². The Hall–Kier alpha value is -1.28. The maximum absolute atomic E-state index is 6.02. The summed E-state index contributed by atoms with van der Waals surface area (Å²) in [6.45, 7) is 14.6. The van der Waals surface area contributed by atoms with E-state index in [1.54, 1.807) is 0 Å². The van der Waals surface area contributed by atoms with Gasteiger partial charge in [-0.2, -0.15) is 0 Å². The van der Waals surface area contributed by atoms with E-state index in [-0.39, 0.29) is 0 Å². The van der Waals surface area contributed by atoms with Crippen LogP contribution < -0.4 is 16.4 Å². The van der Waals surface area contributed by atoms with Crippen LogP contribution in [0.4, 0.5) is 0 Å².